The van der Waals surface area contributed by atoms with E-state index >= 15 is 0 Å². The summed E-state index contributed by atoms with van der Waals surface area (Å²) in [4.78, 5) is 13.6. The van der Waals surface area contributed by atoms with Gasteiger partial charge in [-0.05, 0) is 31.5 Å². The predicted octanol–water partition coefficient (Wildman–Crippen LogP) is 3.66. The molecule has 5 nitrogen and oxygen atoms in total. The van der Waals surface area contributed by atoms with Gasteiger partial charge in [-0.3, -0.25) is 5.32 Å². The number of anilines is 1. The first-order chi connectivity index (χ1) is 10.1. The van der Waals surface area contributed by atoms with Crippen LogP contribution in [0.1, 0.15) is 24.4 Å². The molecule has 21 heavy (non-hydrogen) atoms. The smallest absolute Gasteiger partial charge is 0.323 e. The molecule has 0 bridgehead atoms. The van der Waals surface area contributed by atoms with E-state index in [0.717, 1.165) is 10.6 Å². The highest BCUT2D eigenvalue weighted by molar-refractivity contribution is 7.15. The molecular weight excluding hydrogens is 308 g/mol. The van der Waals surface area contributed by atoms with Crippen LogP contribution in [0.4, 0.5) is 9.93 Å². The van der Waals surface area contributed by atoms with Gasteiger partial charge >= 0.3 is 6.03 Å². The van der Waals surface area contributed by atoms with Crippen molar-refractivity contribution in [3.05, 3.63) is 39.9 Å². The number of rotatable bonds is 5. The van der Waals surface area contributed by atoms with Crippen molar-refractivity contribution >= 4 is 34.1 Å². The van der Waals surface area contributed by atoms with Crippen LogP contribution in [0.2, 0.25) is 5.02 Å². The first-order valence-electron chi connectivity index (χ1n) is 6.75. The molecule has 0 aliphatic heterocycles. The predicted molar refractivity (Wildman–Crippen MR) is 86.1 cm³/mol. The Morgan fingerprint density at radius 2 is 1.90 bits per heavy atom. The first kappa shape index (κ1) is 15.7. The normalized spacial score (nSPS) is 10.4. The van der Waals surface area contributed by atoms with Gasteiger partial charge in [0.25, 0.3) is 0 Å². The second-order valence-electron chi connectivity index (χ2n) is 4.41. The second kappa shape index (κ2) is 7.38. The topological polar surface area (TPSA) is 58.1 Å². The monoisotopic (exact) mass is 324 g/mol. The third kappa shape index (κ3) is 4.41. The van der Waals surface area contributed by atoms with E-state index in [4.69, 9.17) is 11.6 Å². The molecule has 0 atom stereocenters. The van der Waals surface area contributed by atoms with Crippen molar-refractivity contribution in [2.75, 3.05) is 18.4 Å². The Morgan fingerprint density at radius 3 is 2.52 bits per heavy atom. The van der Waals surface area contributed by atoms with E-state index < -0.39 is 0 Å². The first-order valence-corrected chi connectivity index (χ1v) is 7.94. The highest BCUT2D eigenvalue weighted by Gasteiger charge is 2.12. The highest BCUT2D eigenvalue weighted by atomic mass is 35.5. The number of hydrogen-bond acceptors (Lipinski definition) is 4. The molecule has 0 aliphatic rings. The summed E-state index contributed by atoms with van der Waals surface area (Å²) in [5.74, 6) is 0. The zero-order valence-electron chi connectivity index (χ0n) is 12.0. The summed E-state index contributed by atoms with van der Waals surface area (Å²) in [6.45, 7) is 5.21. The molecule has 0 unspecified atom stereocenters. The molecule has 0 radical (unpaired) electrons. The number of carbonyl (C=O) groups excluding carboxylic acids is 1. The molecule has 7 heteroatoms. The molecule has 2 amide bonds. The van der Waals surface area contributed by atoms with Crippen molar-refractivity contribution in [2.24, 2.45) is 0 Å². The van der Waals surface area contributed by atoms with Gasteiger partial charge in [0.15, 0.2) is 0 Å². The number of halogens is 1. The van der Waals surface area contributed by atoms with Gasteiger partial charge in [-0.2, -0.15) is 0 Å². The quantitative estimate of drug-likeness (QED) is 0.913. The number of nitrogens with one attached hydrogen (secondary N) is 1. The lowest BCUT2D eigenvalue weighted by Gasteiger charge is -2.17. The number of hydrogen-bond donors (Lipinski definition) is 1. The minimum Gasteiger partial charge on any atom is -0.325 e. The van der Waals surface area contributed by atoms with Gasteiger partial charge in [-0.1, -0.05) is 35.1 Å². The van der Waals surface area contributed by atoms with Gasteiger partial charge in [0.2, 0.25) is 5.13 Å². The lowest BCUT2D eigenvalue weighted by Crippen LogP contribution is -2.34. The Bertz CT molecular complexity index is 595. The summed E-state index contributed by atoms with van der Waals surface area (Å²) in [5, 5.41) is 13.0. The number of urea groups is 1. The van der Waals surface area contributed by atoms with Gasteiger partial charge in [0.05, 0.1) is 0 Å². The van der Waals surface area contributed by atoms with E-state index in [2.05, 4.69) is 15.5 Å². The zero-order valence-corrected chi connectivity index (χ0v) is 13.5. The maximum atomic E-state index is 11.9. The summed E-state index contributed by atoms with van der Waals surface area (Å²) >= 11 is 7.24. The molecule has 0 saturated carbocycles. The minimum absolute atomic E-state index is 0.144. The number of nitrogens with zero attached hydrogens (tertiary/aromatic N) is 3. The largest absolute Gasteiger partial charge is 0.325 e. The Hall–Kier alpha value is -1.66. The van der Waals surface area contributed by atoms with Crippen LogP contribution in [0, 0.1) is 0 Å². The average Bonchev–Trinajstić information content (AvgIpc) is 2.90. The lowest BCUT2D eigenvalue weighted by molar-refractivity contribution is 0.217. The van der Waals surface area contributed by atoms with Crippen molar-refractivity contribution in [1.82, 2.24) is 15.1 Å². The summed E-state index contributed by atoms with van der Waals surface area (Å²) < 4.78 is 0. The highest BCUT2D eigenvalue weighted by Crippen LogP contribution is 2.20. The number of amides is 2. The summed E-state index contributed by atoms with van der Waals surface area (Å²) in [6.07, 6.45) is 0.677. The summed E-state index contributed by atoms with van der Waals surface area (Å²) in [6, 6.07) is 7.46. The molecule has 0 spiro atoms. The third-order valence-electron chi connectivity index (χ3n) is 3.00. The maximum Gasteiger partial charge on any atom is 0.323 e. The van der Waals surface area contributed by atoms with Crippen LogP contribution in [0.15, 0.2) is 24.3 Å². The SMILES string of the molecule is CCN(CC)C(=O)Nc1nnc(Cc2ccc(Cl)cc2)s1. The standard InChI is InChI=1S/C14H17ClN4OS/c1-3-19(4-2)14(20)16-13-18-17-12(21-13)9-10-5-7-11(15)8-6-10/h5-8H,3-4,9H2,1-2H3,(H,16,18,20). The number of benzene rings is 1. The van der Waals surface area contributed by atoms with Crippen molar-refractivity contribution in [1.29, 1.82) is 0 Å². The number of carbonyl (C=O) groups is 1. The molecule has 0 saturated heterocycles. The fourth-order valence-electron chi connectivity index (χ4n) is 1.83. The van der Waals surface area contributed by atoms with Gasteiger partial charge in [0.1, 0.15) is 5.01 Å². The molecule has 1 aromatic heterocycles. The van der Waals surface area contributed by atoms with E-state index in [1.165, 1.54) is 11.3 Å². The van der Waals surface area contributed by atoms with E-state index in [9.17, 15) is 4.79 Å². The van der Waals surface area contributed by atoms with Gasteiger partial charge in [-0.15, -0.1) is 10.2 Å². The van der Waals surface area contributed by atoms with Crippen LogP contribution in [0.3, 0.4) is 0 Å². The maximum absolute atomic E-state index is 11.9. The van der Waals surface area contributed by atoms with Crippen LogP contribution in [0.25, 0.3) is 0 Å². The average molecular weight is 325 g/mol. The molecule has 1 aromatic carbocycles. The third-order valence-corrected chi connectivity index (χ3v) is 4.09. The molecule has 0 fully saturated rings. The summed E-state index contributed by atoms with van der Waals surface area (Å²) in [5.41, 5.74) is 1.11. The van der Waals surface area contributed by atoms with Gasteiger partial charge < -0.3 is 4.90 Å². The van der Waals surface area contributed by atoms with Gasteiger partial charge in [0, 0.05) is 24.5 Å². The fraction of sp³-hybridized carbons (Fsp3) is 0.357. The summed E-state index contributed by atoms with van der Waals surface area (Å²) in [7, 11) is 0. The van der Waals surface area contributed by atoms with E-state index in [1.54, 1.807) is 4.90 Å². The van der Waals surface area contributed by atoms with Crippen molar-refractivity contribution < 1.29 is 4.79 Å². The van der Waals surface area contributed by atoms with Crippen LogP contribution in [-0.2, 0) is 6.42 Å². The minimum atomic E-state index is -0.144. The molecule has 2 aromatic rings. The van der Waals surface area contributed by atoms with Gasteiger partial charge in [-0.25, -0.2) is 4.79 Å². The molecule has 2 rings (SSSR count). The van der Waals surface area contributed by atoms with Crippen molar-refractivity contribution in [3.8, 4) is 0 Å². The molecular formula is C14H17ClN4OS. The molecule has 1 N–H and O–H groups in total. The Morgan fingerprint density at radius 1 is 1.24 bits per heavy atom. The second-order valence-corrected chi connectivity index (χ2v) is 5.91. The Kier molecular flexibility index (Phi) is 5.52. The van der Waals surface area contributed by atoms with E-state index in [-0.39, 0.29) is 6.03 Å². The Labute approximate surface area is 133 Å². The molecule has 112 valence electrons. The molecule has 0 aliphatic carbocycles. The molecule has 1 heterocycles. The van der Waals surface area contributed by atoms with Crippen LogP contribution in [-0.4, -0.2) is 34.2 Å². The van der Waals surface area contributed by atoms with Crippen LogP contribution >= 0.6 is 22.9 Å². The lowest BCUT2D eigenvalue weighted by atomic mass is 10.2. The zero-order chi connectivity index (χ0) is 15.2. The Balaban J connectivity index is 1.98. The number of aromatic nitrogens is 2. The van der Waals surface area contributed by atoms with E-state index in [1.807, 2.05) is 38.1 Å². The fourth-order valence-corrected chi connectivity index (χ4v) is 2.72. The van der Waals surface area contributed by atoms with Crippen LogP contribution < -0.4 is 5.32 Å². The van der Waals surface area contributed by atoms with Crippen molar-refractivity contribution in [2.45, 2.75) is 20.3 Å². The van der Waals surface area contributed by atoms with E-state index in [0.29, 0.717) is 29.7 Å². The van der Waals surface area contributed by atoms with Crippen LogP contribution in [0.5, 0.6) is 0 Å². The van der Waals surface area contributed by atoms with Crippen molar-refractivity contribution in [3.63, 3.8) is 0 Å².